The van der Waals surface area contributed by atoms with E-state index < -0.39 is 0 Å². The summed E-state index contributed by atoms with van der Waals surface area (Å²) in [6.45, 7) is 8.12. The van der Waals surface area contributed by atoms with Gasteiger partial charge in [0.15, 0.2) is 0 Å². The number of likely N-dealkylation sites (tertiary alicyclic amines) is 1. The van der Waals surface area contributed by atoms with Crippen LogP contribution in [0.3, 0.4) is 0 Å². The third kappa shape index (κ3) is 2.89. The molecule has 2 aliphatic carbocycles. The second-order valence-electron chi connectivity index (χ2n) is 9.48. The Hall–Kier alpha value is -1.02. The number of benzene rings is 1. The van der Waals surface area contributed by atoms with Crippen molar-refractivity contribution in [2.24, 2.45) is 5.92 Å². The molecule has 1 saturated heterocycles. The molecule has 0 amide bonds. The van der Waals surface area contributed by atoms with Crippen molar-refractivity contribution in [3.63, 3.8) is 0 Å². The standard InChI is InChI=1S/C24H38NO/c1-4-6-14-25(3)15-13-24-12-8-7-9-21(24)23(25)17-19-10-11-20(18-22(19)24)26-16-5-2/h10-11,18,21,23H,4-9,12-17H2,1-3H3/q+1/t21-,23?,24+,25-/m0/s1. The van der Waals surface area contributed by atoms with Crippen LogP contribution in [-0.4, -0.2) is 37.3 Å². The average Bonchev–Trinajstić information content (AvgIpc) is 2.68. The third-order valence-corrected chi connectivity index (χ3v) is 7.97. The van der Waals surface area contributed by atoms with Gasteiger partial charge in [-0.1, -0.05) is 39.2 Å². The Kier molecular flexibility index (Phi) is 5.07. The normalized spacial score (nSPS) is 35.5. The smallest absolute Gasteiger partial charge is 0.119 e. The summed E-state index contributed by atoms with van der Waals surface area (Å²) in [4.78, 5) is 0. The number of ether oxygens (including phenoxy) is 1. The van der Waals surface area contributed by atoms with Gasteiger partial charge in [-0.2, -0.15) is 0 Å². The highest BCUT2D eigenvalue weighted by Crippen LogP contribution is 2.57. The van der Waals surface area contributed by atoms with Crippen LogP contribution in [0.5, 0.6) is 5.75 Å². The number of hydrogen-bond donors (Lipinski definition) is 0. The molecule has 1 unspecified atom stereocenters. The van der Waals surface area contributed by atoms with Crippen LogP contribution in [0, 0.1) is 5.92 Å². The molecule has 26 heavy (non-hydrogen) atoms. The summed E-state index contributed by atoms with van der Waals surface area (Å²) in [6, 6.07) is 7.93. The van der Waals surface area contributed by atoms with Crippen molar-refractivity contribution in [3.05, 3.63) is 29.3 Å². The van der Waals surface area contributed by atoms with E-state index in [0.29, 0.717) is 5.41 Å². The summed E-state index contributed by atoms with van der Waals surface area (Å²) in [5.74, 6) is 2.00. The molecule has 0 N–H and O–H groups in total. The lowest BCUT2D eigenvalue weighted by Crippen LogP contribution is -2.68. The Morgan fingerprint density at radius 3 is 2.85 bits per heavy atom. The van der Waals surface area contributed by atoms with E-state index in [2.05, 4.69) is 39.1 Å². The van der Waals surface area contributed by atoms with E-state index in [0.717, 1.165) is 30.7 Å². The van der Waals surface area contributed by atoms with Crippen molar-refractivity contribution in [1.82, 2.24) is 0 Å². The van der Waals surface area contributed by atoms with Crippen LogP contribution in [0.25, 0.3) is 0 Å². The van der Waals surface area contributed by atoms with E-state index in [1.165, 1.54) is 68.9 Å². The molecule has 4 atom stereocenters. The minimum Gasteiger partial charge on any atom is -0.494 e. The number of fused-ring (bicyclic) bond motifs is 1. The van der Waals surface area contributed by atoms with Crippen LogP contribution in [0.1, 0.15) is 76.3 Å². The molecule has 1 saturated carbocycles. The fourth-order valence-corrected chi connectivity index (χ4v) is 6.55. The first-order valence-corrected chi connectivity index (χ1v) is 11.2. The van der Waals surface area contributed by atoms with E-state index >= 15 is 0 Å². The molecule has 1 heterocycles. The van der Waals surface area contributed by atoms with Gasteiger partial charge in [0.25, 0.3) is 0 Å². The van der Waals surface area contributed by atoms with Crippen LogP contribution >= 0.6 is 0 Å². The van der Waals surface area contributed by atoms with Crippen molar-refractivity contribution < 1.29 is 9.22 Å². The fourth-order valence-electron chi connectivity index (χ4n) is 6.55. The van der Waals surface area contributed by atoms with Gasteiger partial charge < -0.3 is 9.22 Å². The van der Waals surface area contributed by atoms with E-state index in [4.69, 9.17) is 4.74 Å². The molecule has 0 spiro atoms. The molecule has 144 valence electrons. The quantitative estimate of drug-likeness (QED) is 0.613. The highest BCUT2D eigenvalue weighted by Gasteiger charge is 2.58. The summed E-state index contributed by atoms with van der Waals surface area (Å²) < 4.78 is 7.35. The topological polar surface area (TPSA) is 9.23 Å². The largest absolute Gasteiger partial charge is 0.494 e. The zero-order valence-corrected chi connectivity index (χ0v) is 17.2. The Balaban J connectivity index is 1.72. The zero-order valence-electron chi connectivity index (χ0n) is 17.2. The Morgan fingerprint density at radius 1 is 1.15 bits per heavy atom. The van der Waals surface area contributed by atoms with Gasteiger partial charge in [-0.15, -0.1) is 0 Å². The first-order chi connectivity index (χ1) is 12.6. The molecule has 2 nitrogen and oxygen atoms in total. The lowest BCUT2D eigenvalue weighted by Gasteiger charge is -2.61. The lowest BCUT2D eigenvalue weighted by atomic mass is 9.52. The van der Waals surface area contributed by atoms with E-state index in [9.17, 15) is 0 Å². The number of rotatable bonds is 6. The number of unbranched alkanes of at least 4 members (excludes halogenated alkanes) is 1. The molecule has 0 aromatic heterocycles. The predicted molar refractivity (Wildman–Crippen MR) is 109 cm³/mol. The average molecular weight is 357 g/mol. The molecule has 3 aliphatic rings. The highest BCUT2D eigenvalue weighted by atomic mass is 16.5. The minimum atomic E-state index is 0.450. The van der Waals surface area contributed by atoms with Crippen LogP contribution in [0.15, 0.2) is 18.2 Å². The number of piperidine rings is 1. The van der Waals surface area contributed by atoms with Crippen LogP contribution in [-0.2, 0) is 11.8 Å². The lowest BCUT2D eigenvalue weighted by molar-refractivity contribution is -0.945. The maximum Gasteiger partial charge on any atom is 0.119 e. The van der Waals surface area contributed by atoms with Crippen molar-refractivity contribution in [3.8, 4) is 5.75 Å². The van der Waals surface area contributed by atoms with Gasteiger partial charge in [-0.25, -0.2) is 0 Å². The monoisotopic (exact) mass is 356 g/mol. The van der Waals surface area contributed by atoms with Gasteiger partial charge in [0.2, 0.25) is 0 Å². The van der Waals surface area contributed by atoms with E-state index in [-0.39, 0.29) is 0 Å². The Morgan fingerprint density at radius 2 is 2.04 bits per heavy atom. The zero-order chi connectivity index (χ0) is 18.2. The maximum absolute atomic E-state index is 6.03. The molecule has 2 bridgehead atoms. The Labute approximate surface area is 160 Å². The molecular weight excluding hydrogens is 318 g/mol. The predicted octanol–water partition coefficient (Wildman–Crippen LogP) is 5.48. The van der Waals surface area contributed by atoms with Gasteiger partial charge in [0.1, 0.15) is 5.75 Å². The summed E-state index contributed by atoms with van der Waals surface area (Å²) in [6.07, 6.45) is 12.2. The second kappa shape index (κ2) is 7.19. The number of quaternary nitrogens is 1. The van der Waals surface area contributed by atoms with Crippen molar-refractivity contribution >= 4 is 0 Å². The first kappa shape index (κ1) is 18.3. The third-order valence-electron chi connectivity index (χ3n) is 7.97. The van der Waals surface area contributed by atoms with E-state index in [1.54, 1.807) is 11.1 Å². The molecule has 1 aliphatic heterocycles. The molecule has 1 aromatic carbocycles. The summed E-state index contributed by atoms with van der Waals surface area (Å²) >= 11 is 0. The number of nitrogens with zero attached hydrogens (tertiary/aromatic N) is 1. The molecule has 0 radical (unpaired) electrons. The van der Waals surface area contributed by atoms with Crippen LogP contribution in [0.2, 0.25) is 0 Å². The van der Waals surface area contributed by atoms with Gasteiger partial charge in [0, 0.05) is 24.2 Å². The molecule has 4 rings (SSSR count). The minimum absolute atomic E-state index is 0.450. The maximum atomic E-state index is 6.03. The fraction of sp³-hybridized carbons (Fsp3) is 0.750. The highest BCUT2D eigenvalue weighted by molar-refractivity contribution is 5.45. The van der Waals surface area contributed by atoms with E-state index in [1.807, 2.05) is 0 Å². The van der Waals surface area contributed by atoms with Crippen LogP contribution in [0.4, 0.5) is 0 Å². The molecular formula is C24H38NO+. The van der Waals surface area contributed by atoms with Crippen molar-refractivity contribution in [1.29, 1.82) is 0 Å². The summed E-state index contributed by atoms with van der Waals surface area (Å²) in [7, 11) is 2.57. The van der Waals surface area contributed by atoms with Crippen molar-refractivity contribution in [2.45, 2.75) is 83.1 Å². The number of likely N-dealkylation sites (N-methyl/N-ethyl adjacent to an activating group) is 1. The molecule has 1 aromatic rings. The number of hydrogen-bond acceptors (Lipinski definition) is 1. The summed E-state index contributed by atoms with van der Waals surface area (Å²) in [5.41, 5.74) is 3.76. The van der Waals surface area contributed by atoms with Gasteiger partial charge in [-0.3, -0.25) is 0 Å². The summed E-state index contributed by atoms with van der Waals surface area (Å²) in [5, 5.41) is 0. The van der Waals surface area contributed by atoms with Gasteiger partial charge >= 0.3 is 0 Å². The Bertz CT molecular complexity index is 641. The van der Waals surface area contributed by atoms with Crippen molar-refractivity contribution in [2.75, 3.05) is 26.7 Å². The molecule has 2 fully saturated rings. The second-order valence-corrected chi connectivity index (χ2v) is 9.48. The van der Waals surface area contributed by atoms with Gasteiger partial charge in [-0.05, 0) is 48.9 Å². The first-order valence-electron chi connectivity index (χ1n) is 11.2. The van der Waals surface area contributed by atoms with Crippen LogP contribution < -0.4 is 4.74 Å². The SMILES string of the molecule is CCCC[N@@+]1(C)CC[C@]23CCCC[C@H]2C1Cc1ccc(OCCC)cc13. The van der Waals surface area contributed by atoms with Gasteiger partial charge in [0.05, 0.1) is 32.8 Å². The molecule has 2 heteroatoms.